The highest BCUT2D eigenvalue weighted by molar-refractivity contribution is 6.04. The van der Waals surface area contributed by atoms with Gasteiger partial charge in [-0.1, -0.05) is 0 Å². The first kappa shape index (κ1) is 19.5. The third kappa shape index (κ3) is 3.47. The Morgan fingerprint density at radius 1 is 1.13 bits per heavy atom. The van der Waals surface area contributed by atoms with E-state index in [0.717, 1.165) is 40.7 Å². The number of halogens is 1. The number of aryl methyl sites for hydroxylation is 1. The number of rotatable bonds is 6. The molecule has 7 nitrogen and oxygen atoms in total. The van der Waals surface area contributed by atoms with Crippen molar-refractivity contribution in [2.75, 3.05) is 19.5 Å². The van der Waals surface area contributed by atoms with Gasteiger partial charge in [-0.15, -0.1) is 0 Å². The van der Waals surface area contributed by atoms with Crippen LogP contribution in [-0.2, 0) is 6.54 Å². The number of H-pyrrole nitrogens is 1. The molecular weight excluding hydrogens is 387 g/mol. The molecule has 2 heterocycles. The van der Waals surface area contributed by atoms with Gasteiger partial charge in [-0.25, -0.2) is 4.39 Å². The van der Waals surface area contributed by atoms with E-state index in [1.165, 1.54) is 19.2 Å². The number of carbonyl (C=O) groups is 1. The lowest BCUT2D eigenvalue weighted by molar-refractivity contribution is 0.102. The first-order valence-electron chi connectivity index (χ1n) is 9.42. The summed E-state index contributed by atoms with van der Waals surface area (Å²) in [5, 5.41) is 10.9. The van der Waals surface area contributed by atoms with E-state index >= 15 is 0 Å². The zero-order valence-corrected chi connectivity index (χ0v) is 16.8. The Morgan fingerprint density at radius 2 is 1.97 bits per heavy atom. The molecule has 0 spiro atoms. The van der Waals surface area contributed by atoms with Crippen LogP contribution in [0.4, 0.5) is 10.2 Å². The average Bonchev–Trinajstić information content (AvgIpc) is 3.36. The second kappa shape index (κ2) is 7.90. The minimum Gasteiger partial charge on any atom is -0.497 e. The average molecular weight is 408 g/mol. The van der Waals surface area contributed by atoms with Crippen molar-refractivity contribution in [1.82, 2.24) is 14.8 Å². The number of hydrogen-bond donors (Lipinski definition) is 2. The Kier molecular flexibility index (Phi) is 5.14. The van der Waals surface area contributed by atoms with Crippen molar-refractivity contribution in [2.45, 2.75) is 13.5 Å². The van der Waals surface area contributed by atoms with Gasteiger partial charge in [-0.2, -0.15) is 5.10 Å². The van der Waals surface area contributed by atoms with Crippen molar-refractivity contribution in [1.29, 1.82) is 0 Å². The molecule has 0 saturated carbocycles. The lowest BCUT2D eigenvalue weighted by atomic mass is 10.2. The lowest BCUT2D eigenvalue weighted by Crippen LogP contribution is -2.12. The largest absolute Gasteiger partial charge is 0.497 e. The number of aromatic amines is 1. The van der Waals surface area contributed by atoms with Gasteiger partial charge < -0.3 is 19.4 Å². The van der Waals surface area contributed by atoms with E-state index in [0.29, 0.717) is 5.82 Å². The number of carbonyl (C=O) groups excluding carboxylic acids is 1. The Hall–Kier alpha value is -3.81. The molecule has 0 radical (unpaired) electrons. The van der Waals surface area contributed by atoms with Crippen LogP contribution in [0.3, 0.4) is 0 Å². The molecule has 2 N–H and O–H groups in total. The van der Waals surface area contributed by atoms with Crippen molar-refractivity contribution in [3.05, 3.63) is 59.9 Å². The van der Waals surface area contributed by atoms with Gasteiger partial charge in [0.1, 0.15) is 5.75 Å². The van der Waals surface area contributed by atoms with Crippen molar-refractivity contribution in [3.8, 4) is 22.9 Å². The highest BCUT2D eigenvalue weighted by atomic mass is 19.1. The molecule has 0 aliphatic carbocycles. The minimum atomic E-state index is -0.601. The van der Waals surface area contributed by atoms with Gasteiger partial charge in [-0.05, 0) is 49.4 Å². The minimum absolute atomic E-state index is 0.0811. The van der Waals surface area contributed by atoms with E-state index in [1.54, 1.807) is 13.2 Å². The van der Waals surface area contributed by atoms with Gasteiger partial charge in [0, 0.05) is 29.1 Å². The highest BCUT2D eigenvalue weighted by Crippen LogP contribution is 2.30. The predicted molar refractivity (Wildman–Crippen MR) is 113 cm³/mol. The molecule has 2 aromatic carbocycles. The van der Waals surface area contributed by atoms with Gasteiger partial charge in [-0.3, -0.25) is 9.89 Å². The smallest absolute Gasteiger partial charge is 0.256 e. The van der Waals surface area contributed by atoms with Crippen LogP contribution < -0.4 is 14.8 Å². The van der Waals surface area contributed by atoms with Crippen LogP contribution in [0, 0.1) is 5.82 Å². The first-order chi connectivity index (χ1) is 14.5. The number of nitrogens with zero attached hydrogens (tertiary/aromatic N) is 2. The number of fused-ring (bicyclic) bond motifs is 1. The summed E-state index contributed by atoms with van der Waals surface area (Å²) in [5.41, 5.74) is 2.93. The Balaban J connectivity index is 1.61. The standard InChI is InChI=1S/C22H21FN4O3/c1-4-27-18-7-6-15(29-2)9-14(18)11-19(27)17-12-21(26-25-17)24-22(28)13-5-8-20(30-3)16(23)10-13/h5-12H,4H2,1-3H3,(H2,24,25,26,28). The number of hydrogen-bond acceptors (Lipinski definition) is 4. The molecule has 4 aromatic rings. The molecule has 0 saturated heterocycles. The number of amides is 1. The summed E-state index contributed by atoms with van der Waals surface area (Å²) in [7, 11) is 3.01. The fraction of sp³-hybridized carbons (Fsp3) is 0.182. The van der Waals surface area contributed by atoms with Crippen LogP contribution in [0.2, 0.25) is 0 Å². The van der Waals surface area contributed by atoms with E-state index in [4.69, 9.17) is 9.47 Å². The van der Waals surface area contributed by atoms with Crippen molar-refractivity contribution >= 4 is 22.6 Å². The van der Waals surface area contributed by atoms with Crippen LogP contribution in [0.5, 0.6) is 11.5 Å². The summed E-state index contributed by atoms with van der Waals surface area (Å²) in [6.07, 6.45) is 0. The molecule has 1 amide bonds. The number of ether oxygens (including phenoxy) is 2. The summed E-state index contributed by atoms with van der Waals surface area (Å²) in [4.78, 5) is 12.5. The Bertz CT molecular complexity index is 1230. The zero-order valence-electron chi connectivity index (χ0n) is 16.8. The van der Waals surface area contributed by atoms with Crippen LogP contribution in [0.25, 0.3) is 22.3 Å². The van der Waals surface area contributed by atoms with Gasteiger partial charge in [0.25, 0.3) is 5.91 Å². The highest BCUT2D eigenvalue weighted by Gasteiger charge is 2.15. The van der Waals surface area contributed by atoms with Crippen molar-refractivity contribution in [3.63, 3.8) is 0 Å². The molecule has 154 valence electrons. The first-order valence-corrected chi connectivity index (χ1v) is 9.42. The summed E-state index contributed by atoms with van der Waals surface area (Å²) in [6.45, 7) is 2.82. The number of nitrogens with one attached hydrogen (secondary N) is 2. The van der Waals surface area contributed by atoms with E-state index in [2.05, 4.69) is 27.0 Å². The van der Waals surface area contributed by atoms with Crippen molar-refractivity contribution in [2.24, 2.45) is 0 Å². The normalized spacial score (nSPS) is 10.9. The number of benzene rings is 2. The maximum absolute atomic E-state index is 13.9. The fourth-order valence-corrected chi connectivity index (χ4v) is 3.45. The van der Waals surface area contributed by atoms with Crippen molar-refractivity contribution < 1.29 is 18.7 Å². The molecular formula is C22H21FN4O3. The van der Waals surface area contributed by atoms with Crippen LogP contribution in [-0.4, -0.2) is 34.9 Å². The molecule has 2 aromatic heterocycles. The molecule has 0 aliphatic heterocycles. The van der Waals surface area contributed by atoms with Gasteiger partial charge >= 0.3 is 0 Å². The number of methoxy groups -OCH3 is 2. The zero-order chi connectivity index (χ0) is 21.3. The van der Waals surface area contributed by atoms with E-state index in [-0.39, 0.29) is 11.3 Å². The predicted octanol–water partition coefficient (Wildman–Crippen LogP) is 4.46. The molecule has 0 atom stereocenters. The van der Waals surface area contributed by atoms with Gasteiger partial charge in [0.2, 0.25) is 0 Å². The summed E-state index contributed by atoms with van der Waals surface area (Å²) in [6, 6.07) is 13.7. The molecule has 0 fully saturated rings. The molecule has 8 heteroatoms. The lowest BCUT2D eigenvalue weighted by Gasteiger charge is -2.06. The van der Waals surface area contributed by atoms with Crippen LogP contribution >= 0.6 is 0 Å². The van der Waals surface area contributed by atoms with Gasteiger partial charge in [0.15, 0.2) is 17.4 Å². The van der Waals surface area contributed by atoms with Crippen LogP contribution in [0.15, 0.2) is 48.5 Å². The molecule has 0 aliphatic rings. The van der Waals surface area contributed by atoms with E-state index in [9.17, 15) is 9.18 Å². The summed E-state index contributed by atoms with van der Waals surface area (Å²) < 4.78 is 26.2. The third-order valence-corrected chi connectivity index (χ3v) is 4.93. The van der Waals surface area contributed by atoms with Crippen LogP contribution in [0.1, 0.15) is 17.3 Å². The Morgan fingerprint density at radius 3 is 2.67 bits per heavy atom. The summed E-state index contributed by atoms with van der Waals surface area (Å²) >= 11 is 0. The molecule has 4 rings (SSSR count). The molecule has 0 bridgehead atoms. The second-order valence-electron chi connectivity index (χ2n) is 6.67. The monoisotopic (exact) mass is 408 g/mol. The fourth-order valence-electron chi connectivity index (χ4n) is 3.45. The quantitative estimate of drug-likeness (QED) is 0.494. The molecule has 0 unspecified atom stereocenters. The maximum atomic E-state index is 13.9. The third-order valence-electron chi connectivity index (χ3n) is 4.93. The number of aromatic nitrogens is 3. The van der Waals surface area contributed by atoms with E-state index < -0.39 is 11.7 Å². The molecule has 30 heavy (non-hydrogen) atoms. The van der Waals surface area contributed by atoms with Gasteiger partial charge in [0.05, 0.1) is 25.6 Å². The number of anilines is 1. The Labute approximate surface area is 172 Å². The topological polar surface area (TPSA) is 81.2 Å². The second-order valence-corrected chi connectivity index (χ2v) is 6.67. The SMILES string of the molecule is CCn1c(-c2cc(NC(=O)c3ccc(OC)c(F)c3)n[nH]2)cc2cc(OC)ccc21. The maximum Gasteiger partial charge on any atom is 0.256 e. The van der Waals surface area contributed by atoms with E-state index in [1.807, 2.05) is 24.3 Å². The summed E-state index contributed by atoms with van der Waals surface area (Å²) in [5.74, 6) is 0.145.